The second kappa shape index (κ2) is 15.3. The third-order valence-electron chi connectivity index (χ3n) is 12.0. The molecular weight excluding hydrogens is 739 g/mol. The minimum Gasteiger partial charge on any atom is -0.208 e. The highest BCUT2D eigenvalue weighted by molar-refractivity contribution is 5.89. The van der Waals surface area contributed by atoms with Gasteiger partial charge < -0.3 is 0 Å². The van der Waals surface area contributed by atoms with E-state index in [1.807, 2.05) is 36.4 Å². The Bertz CT molecular complexity index is 3120. The fraction of sp³-hybridized carbons (Fsp3) is 0.0172. The Labute approximate surface area is 356 Å². The van der Waals surface area contributed by atoms with E-state index in [4.69, 9.17) is 15.0 Å². The van der Waals surface area contributed by atoms with Crippen molar-refractivity contribution in [2.75, 3.05) is 0 Å². The first-order valence-electron chi connectivity index (χ1n) is 20.8. The van der Waals surface area contributed by atoms with E-state index in [1.54, 1.807) is 0 Å². The van der Waals surface area contributed by atoms with Crippen molar-refractivity contribution in [3.05, 3.63) is 259 Å². The minimum absolute atomic E-state index is 0.420. The van der Waals surface area contributed by atoms with Crippen molar-refractivity contribution < 1.29 is 0 Å². The molecule has 11 rings (SSSR count). The number of hydrogen-bond donors (Lipinski definition) is 0. The van der Waals surface area contributed by atoms with Gasteiger partial charge in [-0.15, -0.1) is 0 Å². The third kappa shape index (κ3) is 6.44. The number of hydrogen-bond acceptors (Lipinski definition) is 3. The fourth-order valence-electron chi connectivity index (χ4n) is 9.14. The smallest absolute Gasteiger partial charge is 0.164 e. The van der Waals surface area contributed by atoms with Crippen LogP contribution in [0, 0.1) is 0 Å². The number of fused-ring (bicyclic) bond motifs is 3. The predicted octanol–water partition coefficient (Wildman–Crippen LogP) is 14.2. The number of nitrogens with zero attached hydrogens (tertiary/aromatic N) is 3. The molecule has 1 aliphatic carbocycles. The largest absolute Gasteiger partial charge is 0.208 e. The summed E-state index contributed by atoms with van der Waals surface area (Å²) in [6, 6.07) is 84.3. The lowest BCUT2D eigenvalue weighted by atomic mass is 9.67. The van der Waals surface area contributed by atoms with Gasteiger partial charge in [-0.25, -0.2) is 15.0 Å². The zero-order valence-electron chi connectivity index (χ0n) is 33.4. The van der Waals surface area contributed by atoms with Gasteiger partial charge in [0, 0.05) is 16.7 Å². The Morgan fingerprint density at radius 1 is 0.230 bits per heavy atom. The zero-order chi connectivity index (χ0) is 40.6. The molecule has 0 amide bonds. The first kappa shape index (κ1) is 36.1. The van der Waals surface area contributed by atoms with Crippen LogP contribution in [0.1, 0.15) is 22.3 Å². The summed E-state index contributed by atoms with van der Waals surface area (Å²) in [5.74, 6) is 1.91. The first-order valence-corrected chi connectivity index (χ1v) is 20.8. The maximum absolute atomic E-state index is 5.09. The molecule has 1 aromatic heterocycles. The van der Waals surface area contributed by atoms with Crippen molar-refractivity contribution in [1.82, 2.24) is 15.0 Å². The Hall–Kier alpha value is -8.01. The Balaban J connectivity index is 0.978. The van der Waals surface area contributed by atoms with Crippen LogP contribution in [0.2, 0.25) is 0 Å². The molecule has 1 aliphatic rings. The van der Waals surface area contributed by atoms with Gasteiger partial charge in [0.1, 0.15) is 0 Å². The maximum Gasteiger partial charge on any atom is 0.164 e. The van der Waals surface area contributed by atoms with Gasteiger partial charge in [-0.05, 0) is 85.0 Å². The van der Waals surface area contributed by atoms with Gasteiger partial charge in [0.2, 0.25) is 0 Å². The summed E-state index contributed by atoms with van der Waals surface area (Å²) < 4.78 is 0. The van der Waals surface area contributed by atoms with E-state index in [-0.39, 0.29) is 0 Å². The minimum atomic E-state index is -0.420. The van der Waals surface area contributed by atoms with Crippen LogP contribution in [0.15, 0.2) is 237 Å². The first-order chi connectivity index (χ1) is 30.2. The molecule has 0 aliphatic heterocycles. The van der Waals surface area contributed by atoms with Crippen molar-refractivity contribution in [2.24, 2.45) is 0 Å². The van der Waals surface area contributed by atoms with Crippen molar-refractivity contribution >= 4 is 0 Å². The van der Waals surface area contributed by atoms with Crippen LogP contribution in [-0.2, 0) is 5.41 Å². The highest BCUT2D eigenvalue weighted by Crippen LogP contribution is 2.56. The van der Waals surface area contributed by atoms with Crippen molar-refractivity contribution in [1.29, 1.82) is 0 Å². The number of benzene rings is 9. The van der Waals surface area contributed by atoms with Gasteiger partial charge in [-0.1, -0.05) is 218 Å². The molecule has 0 atom stereocenters. The third-order valence-corrected chi connectivity index (χ3v) is 12.0. The molecule has 0 unspecified atom stereocenters. The second-order valence-electron chi connectivity index (χ2n) is 15.6. The molecule has 286 valence electrons. The molecule has 0 spiro atoms. The van der Waals surface area contributed by atoms with Crippen LogP contribution in [0.25, 0.3) is 78.7 Å². The zero-order valence-corrected chi connectivity index (χ0v) is 33.4. The molecule has 0 fully saturated rings. The lowest BCUT2D eigenvalue weighted by molar-refractivity contribution is 0.768. The average Bonchev–Trinajstić information content (AvgIpc) is 3.65. The van der Waals surface area contributed by atoms with Crippen LogP contribution in [-0.4, -0.2) is 15.0 Å². The summed E-state index contributed by atoms with van der Waals surface area (Å²) in [7, 11) is 0. The Morgan fingerprint density at radius 3 is 1.18 bits per heavy atom. The van der Waals surface area contributed by atoms with Crippen molar-refractivity contribution in [3.8, 4) is 78.7 Å². The molecule has 9 aromatic carbocycles. The highest BCUT2D eigenvalue weighted by atomic mass is 15.0. The van der Waals surface area contributed by atoms with E-state index in [0.717, 1.165) is 38.9 Å². The second-order valence-corrected chi connectivity index (χ2v) is 15.6. The van der Waals surface area contributed by atoms with Crippen LogP contribution >= 0.6 is 0 Å². The van der Waals surface area contributed by atoms with E-state index < -0.39 is 5.41 Å². The van der Waals surface area contributed by atoms with Gasteiger partial charge in [-0.2, -0.15) is 0 Å². The van der Waals surface area contributed by atoms with E-state index in [0.29, 0.717) is 17.5 Å². The Morgan fingerprint density at radius 2 is 0.590 bits per heavy atom. The fourth-order valence-corrected chi connectivity index (χ4v) is 9.14. The molecule has 0 saturated heterocycles. The molecule has 3 nitrogen and oxygen atoms in total. The average molecular weight is 778 g/mol. The lowest BCUT2D eigenvalue weighted by Gasteiger charge is -2.33. The molecule has 0 saturated carbocycles. The highest BCUT2D eigenvalue weighted by Gasteiger charge is 2.45. The summed E-state index contributed by atoms with van der Waals surface area (Å²) in [6.07, 6.45) is 0. The quantitative estimate of drug-likeness (QED) is 0.154. The summed E-state index contributed by atoms with van der Waals surface area (Å²) in [5, 5.41) is 0. The topological polar surface area (TPSA) is 38.7 Å². The van der Waals surface area contributed by atoms with Crippen molar-refractivity contribution in [3.63, 3.8) is 0 Å². The number of rotatable bonds is 8. The van der Waals surface area contributed by atoms with Crippen molar-refractivity contribution in [2.45, 2.75) is 5.41 Å². The number of aromatic nitrogens is 3. The monoisotopic (exact) mass is 777 g/mol. The van der Waals surface area contributed by atoms with E-state index >= 15 is 0 Å². The van der Waals surface area contributed by atoms with Gasteiger partial charge in [0.05, 0.1) is 5.41 Å². The SMILES string of the molecule is c1ccc(-c2ccc(-c3nc(-c4ccccc4)nc(-c4cccc(-c5cccc(-c6ccc7c(c6)-c6ccccc6C7(c6ccccc6)c6ccccc6)c5)c4)n3)cc2)cc1. The van der Waals surface area contributed by atoms with E-state index in [1.165, 1.54) is 44.5 Å². The molecule has 0 N–H and O–H groups in total. The van der Waals surface area contributed by atoms with Gasteiger partial charge in [0.15, 0.2) is 17.5 Å². The molecule has 10 aromatic rings. The molecule has 1 heterocycles. The van der Waals surface area contributed by atoms with Gasteiger partial charge >= 0.3 is 0 Å². The van der Waals surface area contributed by atoms with Gasteiger partial charge in [0.25, 0.3) is 0 Å². The van der Waals surface area contributed by atoms with Gasteiger partial charge in [-0.3, -0.25) is 0 Å². The van der Waals surface area contributed by atoms with Crippen LogP contribution in [0.4, 0.5) is 0 Å². The molecule has 3 heteroatoms. The molecule has 0 radical (unpaired) electrons. The molecule has 61 heavy (non-hydrogen) atoms. The summed E-state index contributed by atoms with van der Waals surface area (Å²) in [4.78, 5) is 15.1. The molecular formula is C58H39N3. The summed E-state index contributed by atoms with van der Waals surface area (Å²) >= 11 is 0. The standard InChI is InChI=1S/C58H39N3/c1-5-17-40(18-6-1)41-31-33-43(34-32-41)56-59-55(42-19-7-2-8-20-42)60-57(61-56)48-24-16-23-46(38-48)44-21-15-22-45(37-44)47-35-36-54-52(39-47)51-29-13-14-30-53(51)58(54,49-25-9-3-10-26-49)50-27-11-4-12-28-50/h1-39H. The van der Waals surface area contributed by atoms with Crippen LogP contribution in [0.3, 0.4) is 0 Å². The summed E-state index contributed by atoms with van der Waals surface area (Å²) in [6.45, 7) is 0. The predicted molar refractivity (Wildman–Crippen MR) is 250 cm³/mol. The lowest BCUT2D eigenvalue weighted by Crippen LogP contribution is -2.28. The van der Waals surface area contributed by atoms with Crippen LogP contribution < -0.4 is 0 Å². The van der Waals surface area contributed by atoms with E-state index in [2.05, 4.69) is 200 Å². The maximum atomic E-state index is 5.09. The van der Waals surface area contributed by atoms with Crippen LogP contribution in [0.5, 0.6) is 0 Å². The Kier molecular flexibility index (Phi) is 9.05. The molecule has 0 bridgehead atoms. The van der Waals surface area contributed by atoms with E-state index in [9.17, 15) is 0 Å². The summed E-state index contributed by atoms with van der Waals surface area (Å²) in [5.41, 5.74) is 16.9. The normalized spacial score (nSPS) is 12.4.